The van der Waals surface area contributed by atoms with Gasteiger partial charge < -0.3 is 15.0 Å². The molecule has 0 aliphatic carbocycles. The fourth-order valence-corrected chi connectivity index (χ4v) is 3.94. The average molecular weight is 363 g/mol. The standard InChI is InChI=1S/C18H19ClN2O2S/c1-23-18(22)20-10-4-5-11-21-14-6-2-3-7-16(14)24-17-9-8-13(19)12-15(17)21/h2-3,6-9,12H,4-5,10-11H2,1H3,(H,20,22). The molecule has 4 nitrogen and oxygen atoms in total. The van der Waals surface area contributed by atoms with E-state index >= 15 is 0 Å². The van der Waals surface area contributed by atoms with Gasteiger partial charge in [0.15, 0.2) is 0 Å². The normalized spacial score (nSPS) is 12.3. The van der Waals surface area contributed by atoms with Gasteiger partial charge in [-0.15, -0.1) is 0 Å². The van der Waals surface area contributed by atoms with Gasteiger partial charge in [0.25, 0.3) is 0 Å². The quantitative estimate of drug-likeness (QED) is 0.753. The molecule has 0 aromatic heterocycles. The number of benzene rings is 2. The van der Waals surface area contributed by atoms with Crippen molar-refractivity contribution in [1.82, 2.24) is 5.32 Å². The number of ether oxygens (including phenoxy) is 1. The molecule has 1 N–H and O–H groups in total. The molecule has 1 amide bonds. The van der Waals surface area contributed by atoms with Crippen LogP contribution < -0.4 is 10.2 Å². The molecule has 0 bridgehead atoms. The van der Waals surface area contributed by atoms with Crippen molar-refractivity contribution in [2.45, 2.75) is 22.6 Å². The van der Waals surface area contributed by atoms with Crippen LogP contribution in [-0.2, 0) is 4.74 Å². The van der Waals surface area contributed by atoms with Crippen LogP contribution in [0.4, 0.5) is 16.2 Å². The Bertz CT molecular complexity index is 739. The topological polar surface area (TPSA) is 41.6 Å². The summed E-state index contributed by atoms with van der Waals surface area (Å²) < 4.78 is 4.58. The van der Waals surface area contributed by atoms with Gasteiger partial charge in [0, 0.05) is 27.9 Å². The number of fused-ring (bicyclic) bond motifs is 2. The lowest BCUT2D eigenvalue weighted by Crippen LogP contribution is -2.26. The maximum atomic E-state index is 11.1. The SMILES string of the molecule is COC(=O)NCCCCN1c2ccccc2Sc2ccc(Cl)cc21. The van der Waals surface area contributed by atoms with Gasteiger partial charge in [0.2, 0.25) is 0 Å². The van der Waals surface area contributed by atoms with Gasteiger partial charge in [-0.25, -0.2) is 4.79 Å². The number of halogens is 1. The van der Waals surface area contributed by atoms with E-state index in [4.69, 9.17) is 11.6 Å². The predicted octanol–water partition coefficient (Wildman–Crippen LogP) is 5.08. The average Bonchev–Trinajstić information content (AvgIpc) is 2.60. The second-order valence-corrected chi connectivity index (χ2v) is 6.98. The maximum absolute atomic E-state index is 11.1. The minimum absolute atomic E-state index is 0.383. The zero-order valence-corrected chi connectivity index (χ0v) is 15.0. The van der Waals surface area contributed by atoms with Gasteiger partial charge in [-0.3, -0.25) is 0 Å². The van der Waals surface area contributed by atoms with E-state index in [0.29, 0.717) is 6.54 Å². The van der Waals surface area contributed by atoms with Gasteiger partial charge in [0.05, 0.1) is 18.5 Å². The zero-order valence-electron chi connectivity index (χ0n) is 13.4. The predicted molar refractivity (Wildman–Crippen MR) is 98.7 cm³/mol. The summed E-state index contributed by atoms with van der Waals surface area (Å²) in [5, 5.41) is 3.45. The molecule has 6 heteroatoms. The number of methoxy groups -OCH3 is 1. The van der Waals surface area contributed by atoms with E-state index in [2.05, 4.69) is 45.3 Å². The number of nitrogens with one attached hydrogen (secondary N) is 1. The van der Waals surface area contributed by atoms with Gasteiger partial charge in [-0.1, -0.05) is 35.5 Å². The van der Waals surface area contributed by atoms with E-state index in [1.165, 1.54) is 22.6 Å². The summed E-state index contributed by atoms with van der Waals surface area (Å²) in [6.45, 7) is 1.48. The van der Waals surface area contributed by atoms with Crippen LogP contribution in [0.3, 0.4) is 0 Å². The van der Waals surface area contributed by atoms with Gasteiger partial charge in [0.1, 0.15) is 0 Å². The Balaban J connectivity index is 1.72. The third kappa shape index (κ3) is 3.79. The van der Waals surface area contributed by atoms with Crippen LogP contribution in [0.2, 0.25) is 5.02 Å². The summed E-state index contributed by atoms with van der Waals surface area (Å²) in [7, 11) is 1.37. The first-order valence-corrected chi connectivity index (χ1v) is 9.04. The highest BCUT2D eigenvalue weighted by atomic mass is 35.5. The van der Waals surface area contributed by atoms with Crippen molar-refractivity contribution in [2.24, 2.45) is 0 Å². The molecule has 0 saturated heterocycles. The van der Waals surface area contributed by atoms with Crippen molar-refractivity contribution in [2.75, 3.05) is 25.1 Å². The first kappa shape index (κ1) is 17.0. The second-order valence-electron chi connectivity index (χ2n) is 5.46. The van der Waals surface area contributed by atoms with Crippen LogP contribution in [0.25, 0.3) is 0 Å². The molecule has 0 spiro atoms. The molecule has 126 valence electrons. The van der Waals surface area contributed by atoms with Crippen molar-refractivity contribution < 1.29 is 9.53 Å². The van der Waals surface area contributed by atoms with Crippen molar-refractivity contribution in [1.29, 1.82) is 0 Å². The van der Waals surface area contributed by atoms with E-state index in [1.54, 1.807) is 11.8 Å². The second kappa shape index (κ2) is 7.81. The number of amides is 1. The molecule has 0 radical (unpaired) electrons. The summed E-state index contributed by atoms with van der Waals surface area (Å²) in [4.78, 5) is 15.9. The first-order chi connectivity index (χ1) is 11.7. The monoisotopic (exact) mass is 362 g/mol. The van der Waals surface area contributed by atoms with Crippen molar-refractivity contribution in [3.63, 3.8) is 0 Å². The van der Waals surface area contributed by atoms with E-state index in [0.717, 1.165) is 30.1 Å². The van der Waals surface area contributed by atoms with E-state index in [9.17, 15) is 4.79 Å². The van der Waals surface area contributed by atoms with Crippen LogP contribution in [-0.4, -0.2) is 26.3 Å². The first-order valence-electron chi connectivity index (χ1n) is 7.85. The number of nitrogens with zero attached hydrogens (tertiary/aromatic N) is 1. The van der Waals surface area contributed by atoms with Crippen LogP contribution in [0.1, 0.15) is 12.8 Å². The maximum Gasteiger partial charge on any atom is 0.406 e. The highest BCUT2D eigenvalue weighted by Gasteiger charge is 2.22. The Hall–Kier alpha value is -1.85. The minimum atomic E-state index is -0.383. The number of anilines is 2. The number of hydrogen-bond donors (Lipinski definition) is 1. The van der Waals surface area contributed by atoms with E-state index in [1.807, 2.05) is 12.1 Å². The fourth-order valence-electron chi connectivity index (χ4n) is 2.70. The van der Waals surface area contributed by atoms with E-state index in [-0.39, 0.29) is 6.09 Å². The molecule has 24 heavy (non-hydrogen) atoms. The molecule has 0 saturated carbocycles. The molecule has 0 fully saturated rings. The fraction of sp³-hybridized carbons (Fsp3) is 0.278. The third-order valence-corrected chi connectivity index (χ3v) is 5.22. The number of unbranched alkanes of at least 4 members (excludes halogenated alkanes) is 1. The molecule has 1 aliphatic heterocycles. The Kier molecular flexibility index (Phi) is 5.53. The minimum Gasteiger partial charge on any atom is -0.453 e. The lowest BCUT2D eigenvalue weighted by atomic mass is 10.2. The van der Waals surface area contributed by atoms with E-state index < -0.39 is 0 Å². The molecule has 0 atom stereocenters. The lowest BCUT2D eigenvalue weighted by molar-refractivity contribution is 0.171. The Morgan fingerprint density at radius 2 is 1.96 bits per heavy atom. The summed E-state index contributed by atoms with van der Waals surface area (Å²) in [5.74, 6) is 0. The highest BCUT2D eigenvalue weighted by Crippen LogP contribution is 2.48. The summed E-state index contributed by atoms with van der Waals surface area (Å²) in [6, 6.07) is 14.4. The number of alkyl carbamates (subject to hydrolysis) is 1. The van der Waals surface area contributed by atoms with Crippen LogP contribution in [0.15, 0.2) is 52.3 Å². The lowest BCUT2D eigenvalue weighted by Gasteiger charge is -2.33. The van der Waals surface area contributed by atoms with Crippen LogP contribution in [0, 0.1) is 0 Å². The van der Waals surface area contributed by atoms with Crippen molar-refractivity contribution in [3.8, 4) is 0 Å². The summed E-state index contributed by atoms with van der Waals surface area (Å²) in [5.41, 5.74) is 2.35. The number of carbonyl (C=O) groups excluding carboxylic acids is 1. The Labute approximate surface area is 151 Å². The number of para-hydroxylation sites is 1. The van der Waals surface area contributed by atoms with Crippen LogP contribution in [0.5, 0.6) is 0 Å². The van der Waals surface area contributed by atoms with Crippen LogP contribution >= 0.6 is 23.4 Å². The molecule has 1 aliphatic rings. The molecule has 0 unspecified atom stereocenters. The highest BCUT2D eigenvalue weighted by molar-refractivity contribution is 7.99. The van der Waals surface area contributed by atoms with Crippen molar-refractivity contribution >= 4 is 40.8 Å². The molecule has 1 heterocycles. The largest absolute Gasteiger partial charge is 0.453 e. The number of hydrogen-bond acceptors (Lipinski definition) is 4. The molecule has 3 rings (SSSR count). The van der Waals surface area contributed by atoms with Gasteiger partial charge >= 0.3 is 6.09 Å². The Morgan fingerprint density at radius 3 is 2.79 bits per heavy atom. The molecular weight excluding hydrogens is 344 g/mol. The number of rotatable bonds is 5. The molecule has 2 aromatic rings. The number of carbonyl (C=O) groups is 1. The third-order valence-electron chi connectivity index (χ3n) is 3.85. The summed E-state index contributed by atoms with van der Waals surface area (Å²) >= 11 is 7.98. The van der Waals surface area contributed by atoms with Crippen molar-refractivity contribution in [3.05, 3.63) is 47.5 Å². The smallest absolute Gasteiger partial charge is 0.406 e. The summed E-state index contributed by atoms with van der Waals surface area (Å²) in [6.07, 6.45) is 1.46. The Morgan fingerprint density at radius 1 is 1.17 bits per heavy atom. The van der Waals surface area contributed by atoms with Gasteiger partial charge in [-0.2, -0.15) is 0 Å². The molecular formula is C18H19ClN2O2S. The molecule has 2 aromatic carbocycles. The van der Waals surface area contributed by atoms with Gasteiger partial charge in [-0.05, 0) is 43.2 Å². The zero-order chi connectivity index (χ0) is 16.9.